The Morgan fingerprint density at radius 3 is 0.924 bits per heavy atom. The number of nitrogens with zero attached hydrogens (tertiary/aromatic N) is 5. The highest BCUT2D eigenvalue weighted by Gasteiger charge is 2.53. The number of rotatable bonds is 3. The molecule has 0 radical (unpaired) electrons. The number of hydrogen-bond acceptors (Lipinski definition) is 3. The van der Waals surface area contributed by atoms with E-state index in [1.165, 1.54) is 127 Å². The summed E-state index contributed by atoms with van der Waals surface area (Å²) < 4.78 is 5.14. The summed E-state index contributed by atoms with van der Waals surface area (Å²) in [4.78, 5) is 7.94. The van der Waals surface area contributed by atoms with Crippen LogP contribution in [0.2, 0.25) is 0 Å². The van der Waals surface area contributed by atoms with Crippen LogP contribution < -0.4 is 31.1 Å². The summed E-state index contributed by atoms with van der Waals surface area (Å²) in [6.45, 7) is -0.0999. The first-order chi connectivity index (χ1) is 32.9. The molecule has 10 aromatic carbocycles. The normalized spacial score (nSPS) is 13.9. The van der Waals surface area contributed by atoms with Gasteiger partial charge in [0.2, 0.25) is 0 Å². The molecule has 0 atom stereocenters. The predicted molar refractivity (Wildman–Crippen MR) is 278 cm³/mol. The maximum atomic E-state index is 2.71. The minimum absolute atomic E-state index is 0.0999. The topological polar surface area (TPSA) is 18.5 Å². The van der Waals surface area contributed by atoms with E-state index < -0.39 is 0 Å². The Balaban J connectivity index is 1.22. The molecule has 0 saturated carbocycles. The van der Waals surface area contributed by atoms with Crippen LogP contribution in [0.15, 0.2) is 206 Å². The molecule has 66 heavy (non-hydrogen) atoms. The van der Waals surface area contributed by atoms with Crippen molar-refractivity contribution in [1.82, 2.24) is 8.80 Å². The summed E-state index contributed by atoms with van der Waals surface area (Å²) >= 11 is 0. The van der Waals surface area contributed by atoms with Gasteiger partial charge in [-0.15, -0.1) is 0 Å². The Hall–Kier alpha value is -8.74. The zero-order chi connectivity index (χ0) is 42.5. The van der Waals surface area contributed by atoms with Gasteiger partial charge in [0.15, 0.2) is 0 Å². The van der Waals surface area contributed by atoms with Gasteiger partial charge in [-0.3, -0.25) is 0 Å². The van der Waals surface area contributed by atoms with Crippen molar-refractivity contribution in [3.8, 4) is 0 Å². The minimum Gasteiger partial charge on any atom is -0.311 e. The first kappa shape index (κ1) is 33.8. The molecular formula is C60H34BN5. The second kappa shape index (κ2) is 11.7. The molecule has 0 unspecified atom stereocenters. The molecule has 7 heterocycles. The predicted octanol–water partition coefficient (Wildman–Crippen LogP) is 13.9. The number of anilines is 9. The van der Waals surface area contributed by atoms with Gasteiger partial charge >= 0.3 is 0 Å². The van der Waals surface area contributed by atoms with Gasteiger partial charge in [-0.2, -0.15) is 0 Å². The molecule has 17 rings (SSSR count). The van der Waals surface area contributed by atoms with Gasteiger partial charge in [-0.25, -0.2) is 0 Å². The lowest BCUT2D eigenvalue weighted by molar-refractivity contribution is 1.24. The SMILES string of the molecule is c1ccc(N2c3cccc4c3B3c5c2c2c6ccccc6n6c7ccccc7c(c5N(c5ccccc5)c5c3c(c3c7ccccc7n7c8ccccc8c5c37)N4c3ccccc3)c26)cc1. The molecule has 0 N–H and O–H groups in total. The van der Waals surface area contributed by atoms with Crippen molar-refractivity contribution in [2.24, 2.45) is 0 Å². The third-order valence-electron chi connectivity index (χ3n) is 15.4. The van der Waals surface area contributed by atoms with Crippen molar-refractivity contribution in [1.29, 1.82) is 0 Å². The largest absolute Gasteiger partial charge is 0.311 e. The van der Waals surface area contributed by atoms with Gasteiger partial charge < -0.3 is 23.5 Å². The summed E-state index contributed by atoms with van der Waals surface area (Å²) in [6, 6.07) is 77.0. The smallest absolute Gasteiger partial charge is 0.257 e. The molecule has 5 nitrogen and oxygen atoms in total. The molecule has 0 fully saturated rings. The molecule has 0 aliphatic carbocycles. The van der Waals surface area contributed by atoms with Crippen molar-refractivity contribution in [2.75, 3.05) is 14.7 Å². The van der Waals surface area contributed by atoms with Crippen molar-refractivity contribution in [2.45, 2.75) is 0 Å². The molecular weight excluding hydrogens is 802 g/mol. The molecule has 0 saturated heterocycles. The fourth-order valence-electron chi connectivity index (χ4n) is 13.2. The number of aromatic nitrogens is 2. The van der Waals surface area contributed by atoms with Gasteiger partial charge in [0, 0.05) is 71.5 Å². The van der Waals surface area contributed by atoms with E-state index >= 15 is 0 Å². The zero-order valence-electron chi connectivity index (χ0n) is 35.4. The highest BCUT2D eigenvalue weighted by Crippen LogP contribution is 2.60. The van der Waals surface area contributed by atoms with Crippen LogP contribution in [0.3, 0.4) is 0 Å². The maximum absolute atomic E-state index is 2.71. The Bertz CT molecular complexity index is 4160. The number of hydrogen-bond donors (Lipinski definition) is 0. The highest BCUT2D eigenvalue weighted by atomic mass is 15.2. The molecule has 6 heteroatoms. The fraction of sp³-hybridized carbons (Fsp3) is 0. The monoisotopic (exact) mass is 835 g/mol. The molecule has 3 aliphatic heterocycles. The van der Waals surface area contributed by atoms with E-state index in [2.05, 4.69) is 230 Å². The maximum Gasteiger partial charge on any atom is 0.257 e. The molecule has 0 bridgehead atoms. The Morgan fingerprint density at radius 2 is 0.561 bits per heavy atom. The van der Waals surface area contributed by atoms with Crippen LogP contribution in [0.25, 0.3) is 76.2 Å². The molecule has 0 amide bonds. The van der Waals surface area contributed by atoms with E-state index in [0.717, 1.165) is 17.1 Å². The lowest BCUT2D eigenvalue weighted by Gasteiger charge is -2.50. The van der Waals surface area contributed by atoms with Gasteiger partial charge in [0.25, 0.3) is 6.71 Å². The van der Waals surface area contributed by atoms with Gasteiger partial charge in [0.05, 0.1) is 55.8 Å². The minimum atomic E-state index is -0.0999. The van der Waals surface area contributed by atoms with Crippen LogP contribution in [0.4, 0.5) is 51.2 Å². The van der Waals surface area contributed by atoms with Crippen LogP contribution in [0.5, 0.6) is 0 Å². The first-order valence-corrected chi connectivity index (χ1v) is 23.0. The number of benzene rings is 10. The summed E-state index contributed by atoms with van der Waals surface area (Å²) in [7, 11) is 0. The van der Waals surface area contributed by atoms with Crippen LogP contribution in [0.1, 0.15) is 0 Å². The average molecular weight is 836 g/mol. The molecule has 14 aromatic rings. The van der Waals surface area contributed by atoms with Gasteiger partial charge in [0.1, 0.15) is 0 Å². The summed E-state index contributed by atoms with van der Waals surface area (Å²) in [5.74, 6) is 0. The second-order valence-corrected chi connectivity index (χ2v) is 18.3. The Kier molecular flexibility index (Phi) is 5.98. The quantitative estimate of drug-likeness (QED) is 0.165. The highest BCUT2D eigenvalue weighted by molar-refractivity contribution is 7.04. The van der Waals surface area contributed by atoms with Crippen LogP contribution in [-0.2, 0) is 0 Å². The molecule has 0 spiro atoms. The van der Waals surface area contributed by atoms with E-state index in [-0.39, 0.29) is 6.71 Å². The van der Waals surface area contributed by atoms with Crippen molar-refractivity contribution in [3.63, 3.8) is 0 Å². The molecule has 3 aliphatic rings. The fourth-order valence-corrected chi connectivity index (χ4v) is 13.2. The zero-order valence-corrected chi connectivity index (χ0v) is 35.4. The van der Waals surface area contributed by atoms with Crippen molar-refractivity contribution < 1.29 is 0 Å². The first-order valence-electron chi connectivity index (χ1n) is 23.0. The Morgan fingerprint density at radius 1 is 0.258 bits per heavy atom. The van der Waals surface area contributed by atoms with Crippen molar-refractivity contribution >= 4 is 150 Å². The van der Waals surface area contributed by atoms with Gasteiger partial charge in [-0.05, 0) is 89.2 Å². The van der Waals surface area contributed by atoms with E-state index in [1.807, 2.05) is 0 Å². The van der Waals surface area contributed by atoms with E-state index in [1.54, 1.807) is 0 Å². The molecule has 4 aromatic heterocycles. The lowest BCUT2D eigenvalue weighted by Crippen LogP contribution is -2.65. The third kappa shape index (κ3) is 3.72. The van der Waals surface area contributed by atoms with E-state index in [4.69, 9.17) is 0 Å². The van der Waals surface area contributed by atoms with Gasteiger partial charge in [-0.1, -0.05) is 133 Å². The number of para-hydroxylation sites is 7. The van der Waals surface area contributed by atoms with Crippen LogP contribution in [0, 0.1) is 0 Å². The van der Waals surface area contributed by atoms with Crippen LogP contribution in [-0.4, -0.2) is 15.5 Å². The lowest BCUT2D eigenvalue weighted by atomic mass is 9.31. The number of fused-ring (bicyclic) bond motifs is 16. The summed E-state index contributed by atoms with van der Waals surface area (Å²) in [5.41, 5.74) is 22.4. The standard InChI is InChI=1S/C60H34BN5/c1-4-19-35(20-5-1)62-46-33-18-34-47-52(46)61-53-57(62)48-38-25-10-14-29-42(38)65-44-31-16-12-27-40(44)50(55(48)65)59(53)64(37-23-8-3-9-24-37)60-51-41-28-13-17-32-45(41)66-43-30-15-11-26-39(43)49(56(51)66)58(54(60)61)63(47)36-21-6-2-7-22-36/h1-34H. The van der Waals surface area contributed by atoms with E-state index in [0.29, 0.717) is 0 Å². The van der Waals surface area contributed by atoms with Crippen molar-refractivity contribution in [3.05, 3.63) is 206 Å². The average Bonchev–Trinajstić information content (AvgIpc) is 4.12. The summed E-state index contributed by atoms with van der Waals surface area (Å²) in [5, 5.41) is 10.3. The second-order valence-electron chi connectivity index (χ2n) is 18.3. The Labute approximate surface area is 378 Å². The third-order valence-corrected chi connectivity index (χ3v) is 15.4. The van der Waals surface area contributed by atoms with E-state index in [9.17, 15) is 0 Å². The summed E-state index contributed by atoms with van der Waals surface area (Å²) in [6.07, 6.45) is 0. The van der Waals surface area contributed by atoms with Crippen LogP contribution >= 0.6 is 0 Å². The molecule has 302 valence electrons.